The predicted octanol–water partition coefficient (Wildman–Crippen LogP) is 3.62. The van der Waals surface area contributed by atoms with Gasteiger partial charge in [0.1, 0.15) is 17.3 Å². The van der Waals surface area contributed by atoms with Crippen LogP contribution in [0.2, 0.25) is 0 Å². The first kappa shape index (κ1) is 14.1. The second-order valence-electron chi connectivity index (χ2n) is 4.68. The molecule has 1 amide bonds. The van der Waals surface area contributed by atoms with Gasteiger partial charge in [-0.3, -0.25) is 4.79 Å². The minimum Gasteiger partial charge on any atom is -0.457 e. The Balaban J connectivity index is 2.12. The average Bonchev–Trinajstić information content (AvgIpc) is 2.85. The Morgan fingerprint density at radius 3 is 2.70 bits per heavy atom. The van der Waals surface area contributed by atoms with Crippen LogP contribution in [0, 0.1) is 5.82 Å². The number of benzene rings is 1. The zero-order valence-electron chi connectivity index (χ0n) is 11.4. The van der Waals surface area contributed by atoms with Crippen molar-refractivity contribution in [3.63, 3.8) is 0 Å². The molecule has 0 saturated carbocycles. The lowest BCUT2D eigenvalue weighted by Crippen LogP contribution is -2.28. The SMILES string of the molecule is CC(C)NC(=O)/C=C/c1ccc(-c2ccccc2F)o1. The van der Waals surface area contributed by atoms with E-state index >= 15 is 0 Å². The van der Waals surface area contributed by atoms with Gasteiger partial charge in [-0.1, -0.05) is 12.1 Å². The van der Waals surface area contributed by atoms with Gasteiger partial charge in [0.25, 0.3) is 0 Å². The quantitative estimate of drug-likeness (QED) is 0.864. The number of nitrogens with one attached hydrogen (secondary N) is 1. The minimum atomic E-state index is -0.338. The molecule has 1 N–H and O–H groups in total. The fraction of sp³-hybridized carbons (Fsp3) is 0.188. The molecule has 0 aliphatic rings. The summed E-state index contributed by atoms with van der Waals surface area (Å²) in [6.07, 6.45) is 2.95. The number of halogens is 1. The van der Waals surface area contributed by atoms with Crippen molar-refractivity contribution in [1.82, 2.24) is 5.32 Å². The molecule has 20 heavy (non-hydrogen) atoms. The lowest BCUT2D eigenvalue weighted by molar-refractivity contribution is -0.116. The number of carbonyl (C=O) groups excluding carboxylic acids is 1. The molecule has 4 heteroatoms. The van der Waals surface area contributed by atoms with E-state index in [9.17, 15) is 9.18 Å². The van der Waals surface area contributed by atoms with Gasteiger partial charge < -0.3 is 9.73 Å². The molecule has 0 saturated heterocycles. The van der Waals surface area contributed by atoms with Crippen LogP contribution in [-0.2, 0) is 4.79 Å². The molecule has 0 atom stereocenters. The maximum absolute atomic E-state index is 13.6. The Bertz CT molecular complexity index is 629. The maximum Gasteiger partial charge on any atom is 0.244 e. The van der Waals surface area contributed by atoms with E-state index in [1.807, 2.05) is 13.8 Å². The van der Waals surface area contributed by atoms with Crippen molar-refractivity contribution in [3.8, 4) is 11.3 Å². The summed E-state index contributed by atoms with van der Waals surface area (Å²) >= 11 is 0. The third kappa shape index (κ3) is 3.57. The van der Waals surface area contributed by atoms with Crippen molar-refractivity contribution in [2.75, 3.05) is 0 Å². The topological polar surface area (TPSA) is 42.2 Å². The lowest BCUT2D eigenvalue weighted by Gasteiger charge is -2.03. The molecule has 0 bridgehead atoms. The summed E-state index contributed by atoms with van der Waals surface area (Å²) in [4.78, 5) is 11.5. The number of furan rings is 1. The van der Waals surface area contributed by atoms with Crippen molar-refractivity contribution in [3.05, 3.63) is 54.1 Å². The van der Waals surface area contributed by atoms with Gasteiger partial charge in [0, 0.05) is 12.1 Å². The van der Waals surface area contributed by atoms with Crippen LogP contribution in [0.5, 0.6) is 0 Å². The number of rotatable bonds is 4. The normalized spacial score (nSPS) is 11.2. The standard InChI is InChI=1S/C16H16FNO2/c1-11(2)18-16(19)10-8-12-7-9-15(20-12)13-5-3-4-6-14(13)17/h3-11H,1-2H3,(H,18,19)/b10-8+. The van der Waals surface area contributed by atoms with Gasteiger partial charge in [-0.15, -0.1) is 0 Å². The minimum absolute atomic E-state index is 0.0812. The Labute approximate surface area is 117 Å². The van der Waals surface area contributed by atoms with Crippen molar-refractivity contribution in [2.24, 2.45) is 0 Å². The molecule has 0 radical (unpaired) electrons. The van der Waals surface area contributed by atoms with Gasteiger partial charge in [-0.05, 0) is 44.2 Å². The van der Waals surface area contributed by atoms with Crippen molar-refractivity contribution in [1.29, 1.82) is 0 Å². The number of hydrogen-bond donors (Lipinski definition) is 1. The van der Waals surface area contributed by atoms with Crippen LogP contribution in [-0.4, -0.2) is 11.9 Å². The van der Waals surface area contributed by atoms with E-state index in [-0.39, 0.29) is 17.8 Å². The van der Waals surface area contributed by atoms with Gasteiger partial charge in [0.2, 0.25) is 5.91 Å². The smallest absolute Gasteiger partial charge is 0.244 e. The molecular weight excluding hydrogens is 257 g/mol. The highest BCUT2D eigenvalue weighted by Gasteiger charge is 2.08. The molecule has 1 heterocycles. The number of amides is 1. The Kier molecular flexibility index (Phi) is 4.35. The molecule has 2 rings (SSSR count). The van der Waals surface area contributed by atoms with Gasteiger partial charge in [-0.2, -0.15) is 0 Å². The molecule has 104 valence electrons. The molecule has 1 aromatic heterocycles. The van der Waals surface area contributed by atoms with Crippen LogP contribution in [0.4, 0.5) is 4.39 Å². The van der Waals surface area contributed by atoms with E-state index < -0.39 is 0 Å². The van der Waals surface area contributed by atoms with Gasteiger partial charge in [0.15, 0.2) is 0 Å². The van der Waals surface area contributed by atoms with Crippen LogP contribution in [0.25, 0.3) is 17.4 Å². The van der Waals surface area contributed by atoms with Crippen molar-refractivity contribution in [2.45, 2.75) is 19.9 Å². The molecular formula is C16H16FNO2. The molecule has 0 spiro atoms. The zero-order chi connectivity index (χ0) is 14.5. The van der Waals surface area contributed by atoms with Gasteiger partial charge in [0.05, 0.1) is 5.56 Å². The third-order valence-corrected chi connectivity index (χ3v) is 2.60. The Morgan fingerprint density at radius 1 is 1.25 bits per heavy atom. The fourth-order valence-electron chi connectivity index (χ4n) is 1.74. The van der Waals surface area contributed by atoms with Crippen molar-refractivity contribution >= 4 is 12.0 Å². The number of hydrogen-bond acceptors (Lipinski definition) is 2. The van der Waals surface area contributed by atoms with E-state index in [1.165, 1.54) is 12.1 Å². The maximum atomic E-state index is 13.6. The zero-order valence-corrected chi connectivity index (χ0v) is 11.4. The average molecular weight is 273 g/mol. The second-order valence-corrected chi connectivity index (χ2v) is 4.68. The van der Waals surface area contributed by atoms with Gasteiger partial charge >= 0.3 is 0 Å². The monoisotopic (exact) mass is 273 g/mol. The van der Waals surface area contributed by atoms with E-state index in [0.717, 1.165) is 0 Å². The molecule has 0 fully saturated rings. The van der Waals surface area contributed by atoms with Crippen LogP contribution >= 0.6 is 0 Å². The molecule has 2 aromatic rings. The van der Waals surface area contributed by atoms with Crippen LogP contribution in [0.3, 0.4) is 0 Å². The summed E-state index contributed by atoms with van der Waals surface area (Å²) in [6, 6.07) is 9.85. The highest BCUT2D eigenvalue weighted by molar-refractivity contribution is 5.91. The van der Waals surface area contributed by atoms with E-state index in [1.54, 1.807) is 36.4 Å². The van der Waals surface area contributed by atoms with Crippen LogP contribution in [0.15, 0.2) is 46.9 Å². The summed E-state index contributed by atoms with van der Waals surface area (Å²) in [5.41, 5.74) is 0.402. The van der Waals surface area contributed by atoms with Crippen LogP contribution < -0.4 is 5.32 Å². The van der Waals surface area contributed by atoms with E-state index in [4.69, 9.17) is 4.42 Å². The Morgan fingerprint density at radius 2 is 2.00 bits per heavy atom. The molecule has 1 aromatic carbocycles. The highest BCUT2D eigenvalue weighted by atomic mass is 19.1. The summed E-state index contributed by atoms with van der Waals surface area (Å²) < 4.78 is 19.1. The molecule has 0 unspecified atom stereocenters. The predicted molar refractivity (Wildman–Crippen MR) is 76.4 cm³/mol. The second kappa shape index (κ2) is 6.19. The fourth-order valence-corrected chi connectivity index (χ4v) is 1.74. The lowest BCUT2D eigenvalue weighted by atomic mass is 10.1. The summed E-state index contributed by atoms with van der Waals surface area (Å²) in [5, 5.41) is 2.73. The summed E-state index contributed by atoms with van der Waals surface area (Å²) in [7, 11) is 0. The van der Waals surface area contributed by atoms with E-state index in [2.05, 4.69) is 5.32 Å². The first-order chi connectivity index (χ1) is 9.56. The molecule has 0 aliphatic carbocycles. The van der Waals surface area contributed by atoms with Gasteiger partial charge in [-0.25, -0.2) is 4.39 Å². The van der Waals surface area contributed by atoms with Crippen molar-refractivity contribution < 1.29 is 13.6 Å². The van der Waals surface area contributed by atoms with Crippen LogP contribution in [0.1, 0.15) is 19.6 Å². The first-order valence-electron chi connectivity index (χ1n) is 6.39. The third-order valence-electron chi connectivity index (χ3n) is 2.60. The number of carbonyl (C=O) groups is 1. The van der Waals surface area contributed by atoms with E-state index in [0.29, 0.717) is 17.1 Å². The summed E-state index contributed by atoms with van der Waals surface area (Å²) in [5.74, 6) is 0.410. The largest absolute Gasteiger partial charge is 0.457 e. The summed E-state index contributed by atoms with van der Waals surface area (Å²) in [6.45, 7) is 3.77. The molecule has 3 nitrogen and oxygen atoms in total. The first-order valence-corrected chi connectivity index (χ1v) is 6.39. The Hall–Kier alpha value is -2.36. The molecule has 0 aliphatic heterocycles. The highest BCUT2D eigenvalue weighted by Crippen LogP contribution is 2.25.